The first kappa shape index (κ1) is 13.9. The van der Waals surface area contributed by atoms with E-state index >= 15 is 0 Å². The summed E-state index contributed by atoms with van der Waals surface area (Å²) in [7, 11) is 0. The highest BCUT2D eigenvalue weighted by Gasteiger charge is 2.11. The van der Waals surface area contributed by atoms with Gasteiger partial charge >= 0.3 is 0 Å². The van der Waals surface area contributed by atoms with Crippen LogP contribution in [0.5, 0.6) is 0 Å². The van der Waals surface area contributed by atoms with E-state index in [2.05, 4.69) is 4.98 Å². The van der Waals surface area contributed by atoms with Gasteiger partial charge in [-0.3, -0.25) is 4.98 Å². The van der Waals surface area contributed by atoms with E-state index in [4.69, 9.17) is 17.3 Å². The third-order valence-electron chi connectivity index (χ3n) is 3.36. The largest absolute Gasteiger partial charge is 0.325 e. The van der Waals surface area contributed by atoms with E-state index in [0.717, 1.165) is 22.9 Å². The van der Waals surface area contributed by atoms with Gasteiger partial charge in [0, 0.05) is 28.7 Å². The number of halogens is 3. The van der Waals surface area contributed by atoms with Gasteiger partial charge in [-0.15, -0.1) is 0 Å². The van der Waals surface area contributed by atoms with Crippen LogP contribution < -0.4 is 5.73 Å². The Kier molecular flexibility index (Phi) is 3.57. The van der Waals surface area contributed by atoms with Crippen molar-refractivity contribution in [1.29, 1.82) is 0 Å². The summed E-state index contributed by atoms with van der Waals surface area (Å²) >= 11 is 6.01. The van der Waals surface area contributed by atoms with E-state index in [-0.39, 0.29) is 6.54 Å². The normalized spacial score (nSPS) is 11.0. The fourth-order valence-electron chi connectivity index (χ4n) is 2.33. The Morgan fingerprint density at radius 3 is 2.52 bits per heavy atom. The lowest BCUT2D eigenvalue weighted by Gasteiger charge is -2.10. The van der Waals surface area contributed by atoms with Gasteiger partial charge in [0.05, 0.1) is 5.69 Å². The number of benzene rings is 2. The zero-order valence-corrected chi connectivity index (χ0v) is 11.7. The summed E-state index contributed by atoms with van der Waals surface area (Å²) in [4.78, 5) is 4.30. The molecule has 0 saturated heterocycles. The molecule has 2 N–H and O–H groups in total. The van der Waals surface area contributed by atoms with Crippen molar-refractivity contribution in [3.63, 3.8) is 0 Å². The van der Waals surface area contributed by atoms with Gasteiger partial charge in [0.1, 0.15) is 0 Å². The van der Waals surface area contributed by atoms with Crippen LogP contribution in [0.25, 0.3) is 21.9 Å². The van der Waals surface area contributed by atoms with Gasteiger partial charge in [0.15, 0.2) is 11.6 Å². The quantitative estimate of drug-likeness (QED) is 0.767. The summed E-state index contributed by atoms with van der Waals surface area (Å²) in [5.41, 5.74) is 7.65. The Morgan fingerprint density at radius 2 is 1.81 bits per heavy atom. The Bertz CT molecular complexity index is 834. The molecule has 2 nitrogen and oxygen atoms in total. The number of nitrogens with zero attached hydrogens (tertiary/aromatic N) is 1. The monoisotopic (exact) mass is 304 g/mol. The molecule has 0 spiro atoms. The average molecular weight is 305 g/mol. The molecule has 0 aliphatic rings. The summed E-state index contributed by atoms with van der Waals surface area (Å²) in [6.07, 6.45) is 1.62. The van der Waals surface area contributed by atoms with Crippen LogP contribution in [0.1, 0.15) is 5.69 Å². The second kappa shape index (κ2) is 5.39. The van der Waals surface area contributed by atoms with Crippen molar-refractivity contribution >= 4 is 22.4 Å². The Labute approximate surface area is 125 Å². The van der Waals surface area contributed by atoms with Gasteiger partial charge in [-0.05, 0) is 35.2 Å². The molecule has 0 saturated carbocycles. The van der Waals surface area contributed by atoms with E-state index < -0.39 is 11.6 Å². The standard InChI is InChI=1S/C16H11ClF2N2/c17-10-2-3-11-12(6-10)16(7-20)21-8-13(11)9-1-4-14(18)15(19)5-9/h1-6,8H,7,20H2. The van der Waals surface area contributed by atoms with Crippen molar-refractivity contribution in [2.24, 2.45) is 5.73 Å². The highest BCUT2D eigenvalue weighted by molar-refractivity contribution is 6.31. The lowest BCUT2D eigenvalue weighted by atomic mass is 9.99. The minimum Gasteiger partial charge on any atom is -0.325 e. The Morgan fingerprint density at radius 1 is 1.00 bits per heavy atom. The van der Waals surface area contributed by atoms with E-state index in [9.17, 15) is 8.78 Å². The molecule has 0 atom stereocenters. The fraction of sp³-hybridized carbons (Fsp3) is 0.0625. The highest BCUT2D eigenvalue weighted by Crippen LogP contribution is 2.31. The first-order chi connectivity index (χ1) is 10.1. The van der Waals surface area contributed by atoms with Crippen LogP contribution in [-0.2, 0) is 6.54 Å². The number of hydrogen-bond donors (Lipinski definition) is 1. The van der Waals surface area contributed by atoms with Gasteiger partial charge in [-0.1, -0.05) is 23.7 Å². The molecule has 3 aromatic rings. The van der Waals surface area contributed by atoms with Crippen molar-refractivity contribution in [2.45, 2.75) is 6.54 Å². The first-order valence-corrected chi connectivity index (χ1v) is 6.70. The summed E-state index contributed by atoms with van der Waals surface area (Å²) in [6, 6.07) is 9.12. The number of aromatic nitrogens is 1. The Hall–Kier alpha value is -2.04. The molecule has 3 rings (SSSR count). The molecule has 1 heterocycles. The number of hydrogen-bond acceptors (Lipinski definition) is 2. The van der Waals surface area contributed by atoms with E-state index in [1.807, 2.05) is 6.07 Å². The van der Waals surface area contributed by atoms with Crippen molar-refractivity contribution in [2.75, 3.05) is 0 Å². The average Bonchev–Trinajstić information content (AvgIpc) is 2.49. The predicted octanol–water partition coefficient (Wildman–Crippen LogP) is 4.29. The molecule has 0 aliphatic heterocycles. The van der Waals surface area contributed by atoms with Crippen LogP contribution in [0.4, 0.5) is 8.78 Å². The molecule has 5 heteroatoms. The maximum atomic E-state index is 13.4. The highest BCUT2D eigenvalue weighted by atomic mass is 35.5. The molecular weight excluding hydrogens is 294 g/mol. The van der Waals surface area contributed by atoms with Gasteiger partial charge < -0.3 is 5.73 Å². The lowest BCUT2D eigenvalue weighted by molar-refractivity contribution is 0.509. The van der Waals surface area contributed by atoms with E-state index in [1.54, 1.807) is 18.3 Å². The summed E-state index contributed by atoms with van der Waals surface area (Å²) in [6.45, 7) is 0.273. The third kappa shape index (κ3) is 2.48. The van der Waals surface area contributed by atoms with Gasteiger partial charge in [-0.2, -0.15) is 0 Å². The fourth-order valence-corrected chi connectivity index (χ4v) is 2.50. The Balaban J connectivity index is 2.30. The summed E-state index contributed by atoms with van der Waals surface area (Å²) in [5.74, 6) is -1.77. The van der Waals surface area contributed by atoms with Crippen LogP contribution in [-0.4, -0.2) is 4.98 Å². The van der Waals surface area contributed by atoms with Crippen LogP contribution in [0.2, 0.25) is 5.02 Å². The van der Waals surface area contributed by atoms with Crippen molar-refractivity contribution in [1.82, 2.24) is 4.98 Å². The van der Waals surface area contributed by atoms with Gasteiger partial charge in [0.2, 0.25) is 0 Å². The van der Waals surface area contributed by atoms with Crippen molar-refractivity contribution < 1.29 is 8.78 Å². The van der Waals surface area contributed by atoms with Crippen molar-refractivity contribution in [3.8, 4) is 11.1 Å². The first-order valence-electron chi connectivity index (χ1n) is 6.33. The minimum atomic E-state index is -0.891. The molecule has 1 aromatic heterocycles. The number of fused-ring (bicyclic) bond motifs is 1. The molecule has 0 radical (unpaired) electrons. The molecule has 0 amide bonds. The van der Waals surface area contributed by atoms with Crippen LogP contribution >= 0.6 is 11.6 Å². The zero-order valence-electron chi connectivity index (χ0n) is 10.9. The predicted molar refractivity (Wildman–Crippen MR) is 80.0 cm³/mol. The SMILES string of the molecule is NCc1ncc(-c2ccc(F)c(F)c2)c2ccc(Cl)cc12. The second-order valence-electron chi connectivity index (χ2n) is 4.64. The summed E-state index contributed by atoms with van der Waals surface area (Å²) in [5, 5.41) is 2.23. The maximum absolute atomic E-state index is 13.4. The van der Waals surface area contributed by atoms with Crippen LogP contribution in [0.15, 0.2) is 42.6 Å². The molecule has 0 aliphatic carbocycles. The molecule has 2 aromatic carbocycles. The molecule has 0 fully saturated rings. The number of rotatable bonds is 2. The second-order valence-corrected chi connectivity index (χ2v) is 5.08. The van der Waals surface area contributed by atoms with Gasteiger partial charge in [-0.25, -0.2) is 8.78 Å². The smallest absolute Gasteiger partial charge is 0.159 e. The van der Waals surface area contributed by atoms with E-state index in [0.29, 0.717) is 21.8 Å². The van der Waals surface area contributed by atoms with Crippen LogP contribution in [0, 0.1) is 11.6 Å². The van der Waals surface area contributed by atoms with Gasteiger partial charge in [0.25, 0.3) is 0 Å². The molecular formula is C16H11ClF2N2. The molecule has 21 heavy (non-hydrogen) atoms. The third-order valence-corrected chi connectivity index (χ3v) is 3.59. The summed E-state index contributed by atoms with van der Waals surface area (Å²) < 4.78 is 26.5. The van der Waals surface area contributed by atoms with E-state index in [1.165, 1.54) is 6.07 Å². The molecule has 106 valence electrons. The maximum Gasteiger partial charge on any atom is 0.159 e. The van der Waals surface area contributed by atoms with Crippen molar-refractivity contribution in [3.05, 3.63) is 64.9 Å². The lowest BCUT2D eigenvalue weighted by Crippen LogP contribution is -2.01. The zero-order chi connectivity index (χ0) is 15.0. The molecule has 0 unspecified atom stereocenters. The number of pyridine rings is 1. The van der Waals surface area contributed by atoms with Crippen LogP contribution in [0.3, 0.4) is 0 Å². The molecule has 0 bridgehead atoms. The number of nitrogens with two attached hydrogens (primary N) is 1. The topological polar surface area (TPSA) is 38.9 Å². The minimum absolute atomic E-state index is 0.273.